The Bertz CT molecular complexity index is 846. The van der Waals surface area contributed by atoms with Crippen LogP contribution in [0, 0.1) is 19.0 Å². The summed E-state index contributed by atoms with van der Waals surface area (Å²) < 4.78 is 27.5. The normalized spacial score (nSPS) is 26.1. The van der Waals surface area contributed by atoms with Crippen molar-refractivity contribution >= 4 is 7.82 Å². The molecule has 0 radical (unpaired) electrons. The Morgan fingerprint density at radius 2 is 2.08 bits per heavy atom. The van der Waals surface area contributed by atoms with Gasteiger partial charge in [0.2, 0.25) is 0 Å². The topological polar surface area (TPSA) is 160 Å². The summed E-state index contributed by atoms with van der Waals surface area (Å²) in [5.74, 6) is 2.43. The van der Waals surface area contributed by atoms with Crippen molar-refractivity contribution in [3.05, 3.63) is 32.6 Å². The van der Waals surface area contributed by atoms with Crippen LogP contribution in [0.25, 0.3) is 0 Å². The Morgan fingerprint density at radius 1 is 1.40 bits per heavy atom. The van der Waals surface area contributed by atoms with Gasteiger partial charge in [0.15, 0.2) is 12.3 Å². The van der Waals surface area contributed by atoms with E-state index in [9.17, 15) is 19.3 Å². The summed E-state index contributed by atoms with van der Waals surface area (Å²) in [5, 5.41) is 9.41. The Labute approximate surface area is 141 Å². The first-order valence-corrected chi connectivity index (χ1v) is 8.60. The van der Waals surface area contributed by atoms with Crippen molar-refractivity contribution in [1.82, 2.24) is 9.55 Å². The average Bonchev–Trinajstić information content (AvgIpc) is 2.84. The lowest BCUT2D eigenvalue weighted by atomic mass is 10.1. The number of aromatic amines is 1. The molecule has 1 aromatic rings. The maximum Gasteiger partial charge on any atom is 0.470 e. The number of aliphatic hydroxyl groups is 1. The van der Waals surface area contributed by atoms with Crippen LogP contribution in [0.4, 0.5) is 0 Å². The van der Waals surface area contributed by atoms with Gasteiger partial charge in [0.25, 0.3) is 5.56 Å². The van der Waals surface area contributed by atoms with Gasteiger partial charge in [0.1, 0.15) is 18.3 Å². The zero-order valence-electron chi connectivity index (χ0n) is 13.3. The highest BCUT2D eigenvalue weighted by Gasteiger charge is 2.50. The van der Waals surface area contributed by atoms with Gasteiger partial charge in [0, 0.05) is 18.7 Å². The van der Waals surface area contributed by atoms with E-state index >= 15 is 0 Å². The zero-order chi connectivity index (χ0) is 18.8. The van der Waals surface area contributed by atoms with E-state index in [-0.39, 0.29) is 5.56 Å². The number of rotatable bonds is 5. The van der Waals surface area contributed by atoms with Gasteiger partial charge in [0.05, 0.1) is 6.61 Å². The largest absolute Gasteiger partial charge is 0.470 e. The fourth-order valence-electron chi connectivity index (χ4n) is 2.39. The molecule has 0 aromatic carbocycles. The number of aliphatic hydroxyl groups excluding tert-OH is 1. The maximum atomic E-state index is 12.1. The highest BCUT2D eigenvalue weighted by Crippen LogP contribution is 2.44. The van der Waals surface area contributed by atoms with E-state index in [0.717, 1.165) is 4.57 Å². The SMILES string of the molecule is CC#CO[C@@H]1[C@H](OP(=O)(O)O)[C@@H](CO)O[C@H]1n1cc(C)c(=O)[nH]c1=O. The number of nitrogens with one attached hydrogen (secondary N) is 1. The number of phosphoric acid groups is 1. The molecule has 1 aromatic heterocycles. The molecule has 11 nitrogen and oxygen atoms in total. The summed E-state index contributed by atoms with van der Waals surface area (Å²) in [6.45, 7) is 2.26. The predicted molar refractivity (Wildman–Crippen MR) is 82.3 cm³/mol. The van der Waals surface area contributed by atoms with Crippen molar-refractivity contribution in [2.45, 2.75) is 38.4 Å². The van der Waals surface area contributed by atoms with Crippen LogP contribution < -0.4 is 11.2 Å². The third-order valence-corrected chi connectivity index (χ3v) is 3.96. The minimum absolute atomic E-state index is 0.198. The molecule has 1 saturated heterocycles. The summed E-state index contributed by atoms with van der Waals surface area (Å²) in [7, 11) is -4.95. The predicted octanol–water partition coefficient (Wildman–Crippen LogP) is -1.42. The second kappa shape index (κ2) is 7.53. The molecule has 0 amide bonds. The van der Waals surface area contributed by atoms with Crippen LogP contribution in [0.1, 0.15) is 18.7 Å². The van der Waals surface area contributed by atoms with Crippen molar-refractivity contribution < 1.29 is 33.5 Å². The molecule has 12 heteroatoms. The van der Waals surface area contributed by atoms with Gasteiger partial charge in [-0.1, -0.05) is 5.92 Å². The second-order valence-electron chi connectivity index (χ2n) is 5.22. The van der Waals surface area contributed by atoms with E-state index in [1.54, 1.807) is 0 Å². The van der Waals surface area contributed by atoms with Crippen LogP contribution in [0.15, 0.2) is 15.8 Å². The lowest BCUT2D eigenvalue weighted by Crippen LogP contribution is -2.40. The van der Waals surface area contributed by atoms with Crippen LogP contribution in [-0.2, 0) is 18.6 Å². The molecule has 0 saturated carbocycles. The first-order valence-electron chi connectivity index (χ1n) is 7.07. The molecule has 0 aliphatic carbocycles. The highest BCUT2D eigenvalue weighted by molar-refractivity contribution is 7.46. The number of H-pyrrole nitrogens is 1. The fraction of sp³-hybridized carbons (Fsp3) is 0.538. The first kappa shape index (κ1) is 19.4. The van der Waals surface area contributed by atoms with E-state index in [2.05, 4.69) is 21.5 Å². The van der Waals surface area contributed by atoms with E-state index < -0.39 is 50.2 Å². The van der Waals surface area contributed by atoms with Crippen LogP contribution in [-0.4, -0.2) is 49.4 Å². The van der Waals surface area contributed by atoms with Crippen LogP contribution >= 0.6 is 7.82 Å². The number of phosphoric ester groups is 1. The Hall–Kier alpha value is -1.93. The summed E-state index contributed by atoms with van der Waals surface area (Å²) in [6.07, 6.45) is -1.62. The Morgan fingerprint density at radius 3 is 2.64 bits per heavy atom. The molecule has 0 spiro atoms. The summed E-state index contributed by atoms with van der Waals surface area (Å²) >= 11 is 0. The minimum atomic E-state index is -4.95. The van der Waals surface area contributed by atoms with Crippen LogP contribution in [0.5, 0.6) is 0 Å². The number of hydrogen-bond acceptors (Lipinski definition) is 7. The summed E-state index contributed by atoms with van der Waals surface area (Å²) in [6, 6.07) is 0. The van der Waals surface area contributed by atoms with E-state index in [1.165, 1.54) is 20.0 Å². The third-order valence-electron chi connectivity index (χ3n) is 3.44. The van der Waals surface area contributed by atoms with Gasteiger partial charge in [-0.05, 0) is 6.92 Å². The van der Waals surface area contributed by atoms with Gasteiger partial charge < -0.3 is 24.4 Å². The lowest BCUT2D eigenvalue weighted by Gasteiger charge is -2.23. The number of hydrogen-bond donors (Lipinski definition) is 4. The van der Waals surface area contributed by atoms with Crippen LogP contribution in [0.2, 0.25) is 0 Å². The third kappa shape index (κ3) is 4.38. The summed E-state index contributed by atoms with van der Waals surface area (Å²) in [5.41, 5.74) is -1.22. The average molecular weight is 376 g/mol. The molecule has 1 aliphatic rings. The van der Waals surface area contributed by atoms with Gasteiger partial charge >= 0.3 is 13.5 Å². The van der Waals surface area contributed by atoms with Crippen molar-refractivity contribution in [3.8, 4) is 12.0 Å². The van der Waals surface area contributed by atoms with E-state index in [1.807, 2.05) is 0 Å². The first-order chi connectivity index (χ1) is 11.7. The highest BCUT2D eigenvalue weighted by atomic mass is 31.2. The molecule has 138 valence electrons. The lowest BCUT2D eigenvalue weighted by molar-refractivity contribution is -0.0548. The molecular formula is C13H17N2O9P. The van der Waals surface area contributed by atoms with Gasteiger partial charge in [-0.15, -0.1) is 0 Å². The zero-order valence-corrected chi connectivity index (χ0v) is 14.2. The van der Waals surface area contributed by atoms with Crippen molar-refractivity contribution in [1.29, 1.82) is 0 Å². The molecule has 1 aliphatic heterocycles. The Balaban J connectivity index is 2.50. The standard InChI is InChI=1S/C13H17N2O9P/c1-3-4-22-10-9(24-25(19,20)21)8(6-16)23-12(10)15-5-7(2)11(17)14-13(15)18/h5,8-10,12,16H,6H2,1-2H3,(H,14,17,18)(H2,19,20,21)/t8-,9-,10-,12-/m1/s1. The number of nitrogens with zero attached hydrogens (tertiary/aromatic N) is 1. The number of ether oxygens (including phenoxy) is 2. The smallest absolute Gasteiger partial charge is 0.436 e. The molecule has 2 rings (SSSR count). The molecule has 0 bridgehead atoms. The van der Waals surface area contributed by atoms with Crippen LogP contribution in [0.3, 0.4) is 0 Å². The van der Waals surface area contributed by atoms with Crippen molar-refractivity contribution in [3.63, 3.8) is 0 Å². The number of aryl methyl sites for hydroxylation is 1. The quantitative estimate of drug-likeness (QED) is 0.357. The minimum Gasteiger partial charge on any atom is -0.436 e. The molecule has 2 heterocycles. The molecule has 4 atom stereocenters. The summed E-state index contributed by atoms with van der Waals surface area (Å²) in [4.78, 5) is 43.8. The van der Waals surface area contributed by atoms with Gasteiger partial charge in [-0.2, -0.15) is 0 Å². The number of aromatic nitrogens is 2. The van der Waals surface area contributed by atoms with Gasteiger partial charge in [-0.25, -0.2) is 9.36 Å². The van der Waals surface area contributed by atoms with Crippen molar-refractivity contribution in [2.24, 2.45) is 0 Å². The Kier molecular flexibility index (Phi) is 5.84. The fourth-order valence-corrected chi connectivity index (χ4v) is 2.97. The molecule has 4 N–H and O–H groups in total. The second-order valence-corrected chi connectivity index (χ2v) is 6.41. The van der Waals surface area contributed by atoms with E-state index in [4.69, 9.17) is 19.3 Å². The molecule has 25 heavy (non-hydrogen) atoms. The van der Waals surface area contributed by atoms with Gasteiger partial charge in [-0.3, -0.25) is 18.9 Å². The van der Waals surface area contributed by atoms with Crippen molar-refractivity contribution in [2.75, 3.05) is 6.61 Å². The molecule has 0 unspecified atom stereocenters. The van der Waals surface area contributed by atoms with E-state index in [0.29, 0.717) is 0 Å². The monoisotopic (exact) mass is 376 g/mol. The molecular weight excluding hydrogens is 359 g/mol. The molecule has 1 fully saturated rings. The maximum absolute atomic E-state index is 12.1.